The molecular weight excluding hydrogens is 267 g/mol. The summed E-state index contributed by atoms with van der Waals surface area (Å²) in [6.45, 7) is 0. The lowest BCUT2D eigenvalue weighted by molar-refractivity contribution is 0.386. The Morgan fingerprint density at radius 3 is 2.71 bits per heavy atom. The first kappa shape index (κ1) is 14.0. The van der Waals surface area contributed by atoms with E-state index in [1.165, 1.54) is 19.2 Å². The van der Waals surface area contributed by atoms with Crippen LogP contribution >= 0.6 is 10.7 Å². The molecule has 0 aliphatic heterocycles. The van der Waals surface area contributed by atoms with E-state index in [1.807, 2.05) is 0 Å². The number of hydrogen-bond acceptors (Lipinski definition) is 3. The molecule has 17 heavy (non-hydrogen) atoms. The minimum absolute atomic E-state index is 0.135. The Morgan fingerprint density at radius 2 is 2.18 bits per heavy atom. The van der Waals surface area contributed by atoms with Crippen LogP contribution in [0.5, 0.6) is 5.75 Å². The number of hydrogen-bond donors (Lipinski definition) is 0. The van der Waals surface area contributed by atoms with Crippen LogP contribution in [0.4, 0.5) is 4.39 Å². The van der Waals surface area contributed by atoms with Crippen LogP contribution < -0.4 is 4.74 Å². The molecule has 0 aromatic heterocycles. The van der Waals surface area contributed by atoms with Crippen molar-refractivity contribution in [3.05, 3.63) is 35.7 Å². The van der Waals surface area contributed by atoms with Crippen molar-refractivity contribution < 1.29 is 17.5 Å². The van der Waals surface area contributed by atoms with E-state index in [2.05, 4.69) is 0 Å². The van der Waals surface area contributed by atoms with E-state index < -0.39 is 14.9 Å². The van der Waals surface area contributed by atoms with Gasteiger partial charge in [0, 0.05) is 10.7 Å². The van der Waals surface area contributed by atoms with Gasteiger partial charge < -0.3 is 4.74 Å². The van der Waals surface area contributed by atoms with Crippen molar-refractivity contribution in [2.75, 3.05) is 12.9 Å². The summed E-state index contributed by atoms with van der Waals surface area (Å²) in [5.74, 6) is -0.422. The summed E-state index contributed by atoms with van der Waals surface area (Å²) >= 11 is 0. The van der Waals surface area contributed by atoms with E-state index in [0.717, 1.165) is 0 Å². The molecule has 0 aliphatic rings. The van der Waals surface area contributed by atoms with Crippen LogP contribution in [0.15, 0.2) is 24.3 Å². The molecule has 0 atom stereocenters. The Labute approximate surface area is 104 Å². The molecule has 0 amide bonds. The number of rotatable bonds is 5. The van der Waals surface area contributed by atoms with Crippen LogP contribution in [0.25, 0.3) is 6.08 Å². The normalized spacial score (nSPS) is 11.9. The summed E-state index contributed by atoms with van der Waals surface area (Å²) < 4.78 is 39.3. The van der Waals surface area contributed by atoms with E-state index in [0.29, 0.717) is 12.0 Å². The Kier molecular flexibility index (Phi) is 4.96. The molecule has 0 heterocycles. The van der Waals surface area contributed by atoms with Crippen molar-refractivity contribution in [3.63, 3.8) is 0 Å². The zero-order valence-electron chi connectivity index (χ0n) is 9.19. The molecule has 0 aliphatic carbocycles. The van der Waals surface area contributed by atoms with Crippen LogP contribution in [-0.4, -0.2) is 21.3 Å². The maximum absolute atomic E-state index is 13.3. The van der Waals surface area contributed by atoms with Gasteiger partial charge in [0.1, 0.15) is 0 Å². The molecule has 3 nitrogen and oxygen atoms in total. The minimum atomic E-state index is -3.47. The number of allylic oxidation sites excluding steroid dienone is 1. The van der Waals surface area contributed by atoms with E-state index in [1.54, 1.807) is 18.2 Å². The molecule has 0 fully saturated rings. The lowest BCUT2D eigenvalue weighted by atomic mass is 10.2. The lowest BCUT2D eigenvalue weighted by Gasteiger charge is -2.01. The van der Waals surface area contributed by atoms with E-state index in [-0.39, 0.29) is 11.5 Å². The number of ether oxygens (including phenoxy) is 1. The Balaban J connectivity index is 2.63. The Hall–Kier alpha value is -1.07. The fraction of sp³-hybridized carbons (Fsp3) is 0.273. The van der Waals surface area contributed by atoms with Gasteiger partial charge in [0.25, 0.3) is 0 Å². The quantitative estimate of drug-likeness (QED) is 0.778. The van der Waals surface area contributed by atoms with Crippen molar-refractivity contribution in [2.45, 2.75) is 6.42 Å². The predicted molar refractivity (Wildman–Crippen MR) is 66.2 cm³/mol. The summed E-state index contributed by atoms with van der Waals surface area (Å²) in [6.07, 6.45) is 3.55. The number of halogens is 2. The molecule has 1 aromatic carbocycles. The summed E-state index contributed by atoms with van der Waals surface area (Å²) in [5, 5.41) is 0. The first-order valence-electron chi connectivity index (χ1n) is 4.85. The van der Waals surface area contributed by atoms with Crippen LogP contribution in [0.2, 0.25) is 0 Å². The Bertz CT molecular complexity index is 511. The predicted octanol–water partition coefficient (Wildman–Crippen LogP) is 2.81. The molecule has 0 radical (unpaired) electrons. The van der Waals surface area contributed by atoms with Crippen LogP contribution in [-0.2, 0) is 9.05 Å². The van der Waals surface area contributed by atoms with Gasteiger partial charge in [-0.15, -0.1) is 0 Å². The molecule has 94 valence electrons. The van der Waals surface area contributed by atoms with Crippen molar-refractivity contribution >= 4 is 25.8 Å². The standard InChI is InChI=1S/C11H12ClFO3S/c1-16-11-6-5-9(8-10(11)13)4-2-3-7-17(12,14)15/h2,4-6,8H,3,7H2,1H3/b4-2+. The molecule has 0 saturated carbocycles. The maximum Gasteiger partial charge on any atom is 0.232 e. The zero-order valence-corrected chi connectivity index (χ0v) is 10.8. The van der Waals surface area contributed by atoms with Gasteiger partial charge in [-0.05, 0) is 24.1 Å². The van der Waals surface area contributed by atoms with Crippen LogP contribution in [0.3, 0.4) is 0 Å². The monoisotopic (exact) mass is 278 g/mol. The fourth-order valence-electron chi connectivity index (χ4n) is 1.21. The average Bonchev–Trinajstić information content (AvgIpc) is 2.23. The molecule has 0 N–H and O–H groups in total. The largest absolute Gasteiger partial charge is 0.494 e. The SMILES string of the molecule is COc1ccc(/C=C/CCS(=O)(=O)Cl)cc1F. The summed E-state index contributed by atoms with van der Waals surface area (Å²) in [6, 6.07) is 4.49. The average molecular weight is 279 g/mol. The molecule has 1 aromatic rings. The Morgan fingerprint density at radius 1 is 1.47 bits per heavy atom. The summed E-state index contributed by atoms with van der Waals surface area (Å²) in [5.41, 5.74) is 0.635. The summed E-state index contributed by atoms with van der Waals surface area (Å²) in [7, 11) is 2.96. The third-order valence-electron chi connectivity index (χ3n) is 2.01. The molecule has 0 saturated heterocycles. The van der Waals surface area contributed by atoms with Gasteiger partial charge in [-0.2, -0.15) is 0 Å². The van der Waals surface area contributed by atoms with Gasteiger partial charge in [0.2, 0.25) is 9.05 Å². The lowest BCUT2D eigenvalue weighted by Crippen LogP contribution is -1.94. The number of methoxy groups -OCH3 is 1. The topological polar surface area (TPSA) is 43.4 Å². The van der Waals surface area contributed by atoms with Gasteiger partial charge in [-0.1, -0.05) is 18.2 Å². The van der Waals surface area contributed by atoms with Crippen molar-refractivity contribution in [1.29, 1.82) is 0 Å². The van der Waals surface area contributed by atoms with Crippen molar-refractivity contribution in [1.82, 2.24) is 0 Å². The first-order valence-corrected chi connectivity index (χ1v) is 7.32. The van der Waals surface area contributed by atoms with E-state index >= 15 is 0 Å². The van der Waals surface area contributed by atoms with Gasteiger partial charge in [-0.25, -0.2) is 12.8 Å². The molecule has 1 rings (SSSR count). The minimum Gasteiger partial charge on any atom is -0.494 e. The highest BCUT2D eigenvalue weighted by atomic mass is 35.7. The van der Waals surface area contributed by atoms with E-state index in [9.17, 15) is 12.8 Å². The van der Waals surface area contributed by atoms with Crippen LogP contribution in [0, 0.1) is 5.82 Å². The second-order valence-electron chi connectivity index (χ2n) is 3.33. The highest BCUT2D eigenvalue weighted by molar-refractivity contribution is 8.13. The first-order chi connectivity index (χ1) is 7.92. The third-order valence-corrected chi connectivity index (χ3v) is 3.20. The van der Waals surface area contributed by atoms with Gasteiger partial charge in [-0.3, -0.25) is 0 Å². The number of benzene rings is 1. The zero-order chi connectivity index (χ0) is 12.9. The second kappa shape index (κ2) is 6.02. The van der Waals surface area contributed by atoms with Crippen LogP contribution in [0.1, 0.15) is 12.0 Å². The van der Waals surface area contributed by atoms with Gasteiger partial charge in [0.05, 0.1) is 12.9 Å². The molecule has 0 unspecified atom stereocenters. The van der Waals surface area contributed by atoms with Gasteiger partial charge in [0.15, 0.2) is 11.6 Å². The fourth-order valence-corrected chi connectivity index (χ4v) is 1.90. The molecule has 6 heteroatoms. The van der Waals surface area contributed by atoms with Crippen molar-refractivity contribution in [3.8, 4) is 5.75 Å². The highest BCUT2D eigenvalue weighted by Crippen LogP contribution is 2.18. The highest BCUT2D eigenvalue weighted by Gasteiger charge is 2.03. The molecule has 0 bridgehead atoms. The second-order valence-corrected chi connectivity index (χ2v) is 6.22. The third kappa shape index (κ3) is 5.19. The smallest absolute Gasteiger partial charge is 0.232 e. The van der Waals surface area contributed by atoms with Crippen molar-refractivity contribution in [2.24, 2.45) is 0 Å². The molecule has 0 spiro atoms. The summed E-state index contributed by atoms with van der Waals surface area (Å²) in [4.78, 5) is 0. The maximum atomic E-state index is 13.3. The van der Waals surface area contributed by atoms with E-state index in [4.69, 9.17) is 15.4 Å². The van der Waals surface area contributed by atoms with Gasteiger partial charge >= 0.3 is 0 Å². The molecular formula is C11H12ClFO3S.